The number of thiazole rings is 1. The molecular weight excluding hydrogens is 416 g/mol. The third-order valence-electron chi connectivity index (χ3n) is 4.40. The van der Waals surface area contributed by atoms with Crippen LogP contribution in [0.25, 0.3) is 21.8 Å². The lowest BCUT2D eigenvalue weighted by Crippen LogP contribution is -2.15. The molecule has 1 amide bonds. The van der Waals surface area contributed by atoms with Crippen LogP contribution in [-0.4, -0.2) is 17.5 Å². The molecule has 4 rings (SSSR count). The van der Waals surface area contributed by atoms with E-state index in [1.54, 1.807) is 35.6 Å². The van der Waals surface area contributed by atoms with Gasteiger partial charge in [-0.3, -0.25) is 4.79 Å². The summed E-state index contributed by atoms with van der Waals surface area (Å²) in [4.78, 5) is 16.9. The maximum Gasteiger partial charge on any atom is 0.227 e. The molecule has 0 radical (unpaired) electrons. The highest BCUT2D eigenvalue weighted by Gasteiger charge is 2.08. The highest BCUT2D eigenvalue weighted by Crippen LogP contribution is 2.29. The van der Waals surface area contributed by atoms with Crippen LogP contribution in [0.3, 0.4) is 0 Å². The maximum atomic E-state index is 12.1. The summed E-state index contributed by atoms with van der Waals surface area (Å²) < 4.78 is 5.56. The molecule has 0 spiro atoms. The first-order chi connectivity index (χ1) is 14.7. The summed E-state index contributed by atoms with van der Waals surface area (Å²) in [6.45, 7) is 0.298. The molecule has 0 aliphatic heterocycles. The van der Waals surface area contributed by atoms with Gasteiger partial charge in [0.2, 0.25) is 5.91 Å². The average Bonchev–Trinajstić information content (AvgIpc) is 3.27. The van der Waals surface area contributed by atoms with Gasteiger partial charge in [-0.25, -0.2) is 4.98 Å². The Bertz CT molecular complexity index is 1110. The second-order valence-corrected chi connectivity index (χ2v) is 7.88. The zero-order valence-electron chi connectivity index (χ0n) is 16.0. The molecule has 0 aliphatic rings. The van der Waals surface area contributed by atoms with E-state index < -0.39 is 0 Å². The molecule has 4 nitrogen and oxygen atoms in total. The third-order valence-corrected chi connectivity index (χ3v) is 5.54. The number of benzene rings is 3. The van der Waals surface area contributed by atoms with Crippen LogP contribution in [0.1, 0.15) is 6.42 Å². The minimum absolute atomic E-state index is 0.100. The SMILES string of the molecule is O=C(CCOc1ccc(Cl)cc1)Nc1ccc(-c2csc(-c3ccccc3)n2)cc1. The van der Waals surface area contributed by atoms with Crippen LogP contribution in [0, 0.1) is 0 Å². The second kappa shape index (κ2) is 9.57. The van der Waals surface area contributed by atoms with Gasteiger partial charge in [-0.15, -0.1) is 11.3 Å². The molecule has 0 saturated carbocycles. The molecule has 0 unspecified atom stereocenters. The van der Waals surface area contributed by atoms with Crippen molar-refractivity contribution < 1.29 is 9.53 Å². The molecule has 0 atom stereocenters. The van der Waals surface area contributed by atoms with E-state index in [0.29, 0.717) is 17.4 Å². The summed E-state index contributed by atoms with van der Waals surface area (Å²) in [5, 5.41) is 6.57. The van der Waals surface area contributed by atoms with Gasteiger partial charge in [0.1, 0.15) is 10.8 Å². The van der Waals surface area contributed by atoms with Crippen LogP contribution < -0.4 is 10.1 Å². The molecule has 3 aromatic carbocycles. The number of rotatable bonds is 7. The van der Waals surface area contributed by atoms with Crippen LogP contribution in [0.15, 0.2) is 84.2 Å². The second-order valence-electron chi connectivity index (χ2n) is 6.58. The predicted octanol–water partition coefficient (Wildman–Crippen LogP) is 6.54. The normalized spacial score (nSPS) is 10.6. The van der Waals surface area contributed by atoms with Crippen molar-refractivity contribution in [3.63, 3.8) is 0 Å². The highest BCUT2D eigenvalue weighted by molar-refractivity contribution is 7.13. The molecule has 1 aromatic heterocycles. The summed E-state index contributed by atoms with van der Waals surface area (Å²) in [7, 11) is 0. The average molecular weight is 435 g/mol. The lowest BCUT2D eigenvalue weighted by atomic mass is 10.1. The predicted molar refractivity (Wildman–Crippen MR) is 123 cm³/mol. The van der Waals surface area contributed by atoms with Crippen LogP contribution >= 0.6 is 22.9 Å². The van der Waals surface area contributed by atoms with Gasteiger partial charge in [-0.05, 0) is 36.4 Å². The van der Waals surface area contributed by atoms with Gasteiger partial charge in [0, 0.05) is 27.2 Å². The number of hydrogen-bond donors (Lipinski definition) is 1. The van der Waals surface area contributed by atoms with E-state index in [0.717, 1.165) is 27.5 Å². The summed E-state index contributed by atoms with van der Waals surface area (Å²) in [5.41, 5.74) is 3.79. The zero-order valence-corrected chi connectivity index (χ0v) is 17.6. The first-order valence-electron chi connectivity index (χ1n) is 9.47. The molecule has 0 fully saturated rings. The van der Waals surface area contributed by atoms with E-state index in [4.69, 9.17) is 21.3 Å². The van der Waals surface area contributed by atoms with E-state index in [1.807, 2.05) is 47.8 Å². The zero-order chi connectivity index (χ0) is 20.8. The van der Waals surface area contributed by atoms with Crippen LogP contribution in [0.5, 0.6) is 5.75 Å². The number of nitrogens with one attached hydrogen (secondary N) is 1. The van der Waals surface area contributed by atoms with Crippen molar-refractivity contribution in [3.8, 4) is 27.6 Å². The van der Waals surface area contributed by atoms with Crippen molar-refractivity contribution in [2.75, 3.05) is 11.9 Å². The number of nitrogens with zero attached hydrogens (tertiary/aromatic N) is 1. The number of amides is 1. The lowest BCUT2D eigenvalue weighted by molar-refractivity contribution is -0.116. The Hall–Kier alpha value is -3.15. The Balaban J connectivity index is 1.31. The van der Waals surface area contributed by atoms with Crippen LogP contribution in [0.4, 0.5) is 5.69 Å². The van der Waals surface area contributed by atoms with Gasteiger partial charge in [-0.1, -0.05) is 54.1 Å². The summed E-state index contributed by atoms with van der Waals surface area (Å²) in [6, 6.07) is 24.9. The van der Waals surface area contributed by atoms with E-state index in [1.165, 1.54) is 0 Å². The number of hydrogen-bond acceptors (Lipinski definition) is 4. The van der Waals surface area contributed by atoms with E-state index in [9.17, 15) is 4.79 Å². The molecule has 0 bridgehead atoms. The molecule has 150 valence electrons. The Morgan fingerprint density at radius 2 is 1.67 bits per heavy atom. The van der Waals surface area contributed by atoms with Gasteiger partial charge >= 0.3 is 0 Å². The lowest BCUT2D eigenvalue weighted by Gasteiger charge is -2.08. The van der Waals surface area contributed by atoms with Crippen LogP contribution in [-0.2, 0) is 4.79 Å². The molecule has 0 saturated heterocycles. The van der Waals surface area contributed by atoms with Crippen molar-refractivity contribution in [1.82, 2.24) is 4.98 Å². The van der Waals surface area contributed by atoms with Crippen molar-refractivity contribution >= 4 is 34.5 Å². The molecule has 0 aliphatic carbocycles. The van der Waals surface area contributed by atoms with E-state index >= 15 is 0 Å². The number of aromatic nitrogens is 1. The first kappa shape index (κ1) is 20.1. The van der Waals surface area contributed by atoms with Crippen molar-refractivity contribution in [3.05, 3.63) is 89.3 Å². The van der Waals surface area contributed by atoms with Crippen molar-refractivity contribution in [2.45, 2.75) is 6.42 Å². The number of ether oxygens (including phenoxy) is 1. The summed E-state index contributed by atoms with van der Waals surface area (Å²) in [6.07, 6.45) is 0.261. The Morgan fingerprint density at radius 3 is 2.40 bits per heavy atom. The Morgan fingerprint density at radius 1 is 0.933 bits per heavy atom. The molecule has 6 heteroatoms. The molecular formula is C24H19ClN2O2S. The Kier molecular flexibility index (Phi) is 6.42. The highest BCUT2D eigenvalue weighted by atomic mass is 35.5. The fourth-order valence-electron chi connectivity index (χ4n) is 2.86. The molecule has 4 aromatic rings. The third kappa shape index (κ3) is 5.26. The number of carbonyl (C=O) groups is 1. The van der Waals surface area contributed by atoms with Crippen LogP contribution in [0.2, 0.25) is 5.02 Å². The monoisotopic (exact) mass is 434 g/mol. The molecule has 1 heterocycles. The number of anilines is 1. The van der Waals surface area contributed by atoms with Gasteiger partial charge in [-0.2, -0.15) is 0 Å². The maximum absolute atomic E-state index is 12.1. The number of carbonyl (C=O) groups excluding carboxylic acids is 1. The molecule has 30 heavy (non-hydrogen) atoms. The minimum Gasteiger partial charge on any atom is -0.493 e. The number of halogens is 1. The standard InChI is InChI=1S/C24H19ClN2O2S/c25-19-8-12-21(13-9-19)29-15-14-23(28)26-20-10-6-17(7-11-20)22-16-30-24(27-22)18-4-2-1-3-5-18/h1-13,16H,14-15H2,(H,26,28). The van der Waals surface area contributed by atoms with Gasteiger partial charge in [0.25, 0.3) is 0 Å². The van der Waals surface area contributed by atoms with E-state index in [-0.39, 0.29) is 12.3 Å². The van der Waals surface area contributed by atoms with E-state index in [2.05, 4.69) is 17.4 Å². The fourth-order valence-corrected chi connectivity index (χ4v) is 3.82. The summed E-state index contributed by atoms with van der Waals surface area (Å²) >= 11 is 7.46. The molecule has 1 N–H and O–H groups in total. The quantitative estimate of drug-likeness (QED) is 0.359. The van der Waals surface area contributed by atoms with Crippen molar-refractivity contribution in [1.29, 1.82) is 0 Å². The Labute approximate surface area is 184 Å². The van der Waals surface area contributed by atoms with Crippen molar-refractivity contribution in [2.24, 2.45) is 0 Å². The van der Waals surface area contributed by atoms with Gasteiger partial charge < -0.3 is 10.1 Å². The first-order valence-corrected chi connectivity index (χ1v) is 10.7. The van der Waals surface area contributed by atoms with Gasteiger partial charge in [0.15, 0.2) is 0 Å². The smallest absolute Gasteiger partial charge is 0.227 e. The largest absolute Gasteiger partial charge is 0.493 e. The fraction of sp³-hybridized carbons (Fsp3) is 0.0833. The topological polar surface area (TPSA) is 51.2 Å². The minimum atomic E-state index is -0.100. The van der Waals surface area contributed by atoms with Gasteiger partial charge in [0.05, 0.1) is 18.7 Å². The summed E-state index contributed by atoms with van der Waals surface area (Å²) in [5.74, 6) is 0.589.